The lowest BCUT2D eigenvalue weighted by atomic mass is 9.82. The van der Waals surface area contributed by atoms with Crippen LogP contribution in [0.25, 0.3) is 27.9 Å². The number of hydrogen-bond donors (Lipinski definition) is 3. The van der Waals surface area contributed by atoms with Gasteiger partial charge < -0.3 is 15.7 Å². The first-order valence-electron chi connectivity index (χ1n) is 10.5. The molecule has 12 heteroatoms. The van der Waals surface area contributed by atoms with E-state index in [1.54, 1.807) is 30.2 Å². The van der Waals surface area contributed by atoms with E-state index >= 15 is 0 Å². The number of anilines is 2. The van der Waals surface area contributed by atoms with Crippen LogP contribution in [0.3, 0.4) is 0 Å². The number of aromatic nitrogens is 6. The third-order valence-electron chi connectivity index (χ3n) is 6.03. The number of aliphatic hydroxyl groups is 1. The van der Waals surface area contributed by atoms with E-state index in [1.165, 1.54) is 0 Å². The summed E-state index contributed by atoms with van der Waals surface area (Å²) in [5.74, 6) is 0.824. The van der Waals surface area contributed by atoms with Crippen LogP contribution in [-0.4, -0.2) is 59.5 Å². The van der Waals surface area contributed by atoms with E-state index < -0.39 is 11.8 Å². The summed E-state index contributed by atoms with van der Waals surface area (Å²) in [7, 11) is 1.73. The first-order chi connectivity index (χ1) is 15.8. The molecule has 0 atom stereocenters. The highest BCUT2D eigenvalue weighted by molar-refractivity contribution is 5.89. The lowest BCUT2D eigenvalue weighted by Crippen LogP contribution is -2.49. The number of pyridine rings is 1. The van der Waals surface area contributed by atoms with E-state index in [4.69, 9.17) is 0 Å². The van der Waals surface area contributed by atoms with Gasteiger partial charge in [-0.3, -0.25) is 4.98 Å². The summed E-state index contributed by atoms with van der Waals surface area (Å²) in [5.41, 5.74) is 0.769. The van der Waals surface area contributed by atoms with Gasteiger partial charge in [0.1, 0.15) is 11.0 Å². The summed E-state index contributed by atoms with van der Waals surface area (Å²) < 4.78 is 40.8. The molecule has 0 radical (unpaired) electrons. The summed E-state index contributed by atoms with van der Waals surface area (Å²) in [6.45, 7) is 0. The molecule has 1 fully saturated rings. The van der Waals surface area contributed by atoms with Gasteiger partial charge in [0.15, 0.2) is 17.1 Å². The van der Waals surface area contributed by atoms with Crippen LogP contribution in [0, 0.1) is 0 Å². The van der Waals surface area contributed by atoms with Gasteiger partial charge in [-0.15, -0.1) is 5.10 Å². The van der Waals surface area contributed by atoms with E-state index in [1.807, 2.05) is 18.2 Å². The Morgan fingerprint density at radius 2 is 1.85 bits per heavy atom. The molecule has 0 bridgehead atoms. The SMILES string of the molecule is CNc1nc(NC2CCC(O)(C(F)(F)F)CC2)nn2ccc(-c3ccc4nccnc4n3)c12. The Morgan fingerprint density at radius 1 is 1.09 bits per heavy atom. The summed E-state index contributed by atoms with van der Waals surface area (Å²) in [4.78, 5) is 17.6. The Kier molecular flexibility index (Phi) is 5.04. The zero-order valence-corrected chi connectivity index (χ0v) is 17.6. The van der Waals surface area contributed by atoms with Crippen molar-refractivity contribution >= 4 is 28.4 Å². The van der Waals surface area contributed by atoms with Crippen LogP contribution in [0.5, 0.6) is 0 Å². The van der Waals surface area contributed by atoms with Gasteiger partial charge in [-0.1, -0.05) is 0 Å². The predicted octanol–water partition coefficient (Wildman–Crippen LogP) is 3.42. The molecular formula is C21H21F3N8O. The monoisotopic (exact) mass is 458 g/mol. The minimum atomic E-state index is -4.63. The molecule has 9 nitrogen and oxygen atoms in total. The number of rotatable bonds is 4. The minimum absolute atomic E-state index is 0.158. The Bertz CT molecular complexity index is 1310. The van der Waals surface area contributed by atoms with E-state index in [2.05, 4.69) is 35.7 Å². The number of nitrogens with zero attached hydrogens (tertiary/aromatic N) is 6. The first kappa shape index (κ1) is 21.3. The first-order valence-corrected chi connectivity index (χ1v) is 10.5. The highest BCUT2D eigenvalue weighted by Crippen LogP contribution is 2.42. The smallest absolute Gasteiger partial charge is 0.380 e. The molecular weight excluding hydrogens is 437 g/mol. The van der Waals surface area contributed by atoms with Gasteiger partial charge in [0, 0.05) is 37.2 Å². The summed E-state index contributed by atoms with van der Waals surface area (Å²) in [5, 5.41) is 20.5. The molecule has 0 unspecified atom stereocenters. The molecule has 172 valence electrons. The molecule has 4 heterocycles. The van der Waals surface area contributed by atoms with Crippen LogP contribution in [0.2, 0.25) is 0 Å². The maximum atomic E-state index is 13.1. The second-order valence-corrected chi connectivity index (χ2v) is 8.10. The predicted molar refractivity (Wildman–Crippen MR) is 116 cm³/mol. The molecule has 0 aliphatic heterocycles. The number of halogens is 3. The van der Waals surface area contributed by atoms with Crippen molar-refractivity contribution in [2.75, 3.05) is 17.7 Å². The van der Waals surface area contributed by atoms with E-state index in [0.29, 0.717) is 28.2 Å². The zero-order chi connectivity index (χ0) is 23.2. The van der Waals surface area contributed by atoms with Crippen molar-refractivity contribution in [1.29, 1.82) is 0 Å². The number of nitrogens with one attached hydrogen (secondary N) is 2. The fourth-order valence-corrected chi connectivity index (χ4v) is 4.18. The van der Waals surface area contributed by atoms with Gasteiger partial charge >= 0.3 is 6.18 Å². The zero-order valence-electron chi connectivity index (χ0n) is 17.6. The molecule has 0 aromatic carbocycles. The maximum Gasteiger partial charge on any atom is 0.417 e. The Morgan fingerprint density at radius 3 is 2.58 bits per heavy atom. The fourth-order valence-electron chi connectivity index (χ4n) is 4.18. The van der Waals surface area contributed by atoms with Crippen molar-refractivity contribution in [2.24, 2.45) is 0 Å². The van der Waals surface area contributed by atoms with E-state index in [9.17, 15) is 18.3 Å². The van der Waals surface area contributed by atoms with Crippen LogP contribution >= 0.6 is 0 Å². The molecule has 33 heavy (non-hydrogen) atoms. The third-order valence-corrected chi connectivity index (χ3v) is 6.03. The van der Waals surface area contributed by atoms with Crippen molar-refractivity contribution in [2.45, 2.75) is 43.5 Å². The number of fused-ring (bicyclic) bond motifs is 2. The van der Waals surface area contributed by atoms with Gasteiger partial charge in [-0.25, -0.2) is 14.5 Å². The molecule has 1 aliphatic carbocycles. The second-order valence-electron chi connectivity index (χ2n) is 8.10. The molecule has 0 saturated heterocycles. The molecule has 4 aromatic rings. The van der Waals surface area contributed by atoms with Crippen LogP contribution in [0.1, 0.15) is 25.7 Å². The Hall–Kier alpha value is -3.54. The molecule has 0 amide bonds. The molecule has 1 saturated carbocycles. The number of alkyl halides is 3. The van der Waals surface area contributed by atoms with Crippen LogP contribution in [0.4, 0.5) is 24.9 Å². The maximum absolute atomic E-state index is 13.1. The molecule has 0 spiro atoms. The van der Waals surface area contributed by atoms with Gasteiger partial charge in [0.2, 0.25) is 5.95 Å². The van der Waals surface area contributed by atoms with Gasteiger partial charge in [-0.2, -0.15) is 18.2 Å². The standard InChI is InChI=1S/C21H21F3N8O/c1-25-18-16-13(14-2-3-15-17(29-14)27-10-9-26-15)6-11-32(16)31-19(30-18)28-12-4-7-20(33,8-5-12)21(22,23)24/h2-3,6,9-12,33H,4-5,7-8H2,1H3,(H2,25,28,30,31). The Labute approximate surface area is 186 Å². The highest BCUT2D eigenvalue weighted by Gasteiger charge is 2.54. The van der Waals surface area contributed by atoms with Crippen molar-refractivity contribution in [3.8, 4) is 11.3 Å². The number of hydrogen-bond acceptors (Lipinski definition) is 8. The Balaban J connectivity index is 1.43. The van der Waals surface area contributed by atoms with Gasteiger partial charge in [-0.05, 0) is 43.9 Å². The molecule has 3 N–H and O–H groups in total. The quantitative estimate of drug-likeness (QED) is 0.426. The fraction of sp³-hybridized carbons (Fsp3) is 0.381. The topological polar surface area (TPSA) is 113 Å². The van der Waals surface area contributed by atoms with Crippen molar-refractivity contribution in [1.82, 2.24) is 29.5 Å². The van der Waals surface area contributed by atoms with Crippen LogP contribution < -0.4 is 10.6 Å². The lowest BCUT2D eigenvalue weighted by molar-refractivity contribution is -0.269. The van der Waals surface area contributed by atoms with Crippen LogP contribution in [-0.2, 0) is 0 Å². The van der Waals surface area contributed by atoms with Crippen molar-refractivity contribution in [3.63, 3.8) is 0 Å². The van der Waals surface area contributed by atoms with Gasteiger partial charge in [0.05, 0.1) is 5.69 Å². The molecule has 5 rings (SSSR count). The van der Waals surface area contributed by atoms with E-state index in [0.717, 1.165) is 5.56 Å². The normalized spacial score (nSPS) is 21.4. The highest BCUT2D eigenvalue weighted by atomic mass is 19.4. The van der Waals surface area contributed by atoms with E-state index in [-0.39, 0.29) is 37.7 Å². The van der Waals surface area contributed by atoms with Crippen LogP contribution in [0.15, 0.2) is 36.8 Å². The minimum Gasteiger partial charge on any atom is -0.380 e. The summed E-state index contributed by atoms with van der Waals surface area (Å²) >= 11 is 0. The molecule has 1 aliphatic rings. The third kappa shape index (κ3) is 3.80. The van der Waals surface area contributed by atoms with Crippen molar-refractivity contribution in [3.05, 3.63) is 36.8 Å². The largest absolute Gasteiger partial charge is 0.417 e. The second kappa shape index (κ2) is 7.80. The summed E-state index contributed by atoms with van der Waals surface area (Å²) in [6, 6.07) is 5.28. The van der Waals surface area contributed by atoms with Crippen molar-refractivity contribution < 1.29 is 18.3 Å². The molecule has 4 aromatic heterocycles. The lowest BCUT2D eigenvalue weighted by Gasteiger charge is -2.37. The average Bonchev–Trinajstić information content (AvgIpc) is 3.23. The average molecular weight is 458 g/mol. The summed E-state index contributed by atoms with van der Waals surface area (Å²) in [6.07, 6.45) is -0.0803. The van der Waals surface area contributed by atoms with Gasteiger partial charge in [0.25, 0.3) is 0 Å².